The zero-order valence-electron chi connectivity index (χ0n) is 13.8. The number of nitro groups is 2. The van der Waals surface area contributed by atoms with E-state index in [2.05, 4.69) is 5.32 Å². The van der Waals surface area contributed by atoms with Crippen LogP contribution in [0.5, 0.6) is 5.75 Å². The topological polar surface area (TPSA) is 125 Å². The van der Waals surface area contributed by atoms with Crippen LogP contribution in [0.2, 0.25) is 5.02 Å². The van der Waals surface area contributed by atoms with Crippen LogP contribution in [-0.2, 0) is 4.79 Å². The lowest BCUT2D eigenvalue weighted by atomic mass is 10.1. The molecule has 1 N–H and O–H groups in total. The summed E-state index contributed by atoms with van der Waals surface area (Å²) in [7, 11) is 0. The van der Waals surface area contributed by atoms with Gasteiger partial charge >= 0.3 is 5.69 Å². The molecule has 0 bridgehead atoms. The number of hydrogen-bond acceptors (Lipinski definition) is 6. The van der Waals surface area contributed by atoms with Gasteiger partial charge in [0.1, 0.15) is 5.02 Å². The molecule has 2 aromatic carbocycles. The van der Waals surface area contributed by atoms with E-state index in [1.54, 1.807) is 19.9 Å². The lowest BCUT2D eigenvalue weighted by Crippen LogP contribution is -2.20. The third-order valence-electron chi connectivity index (χ3n) is 3.37. The Morgan fingerprint density at radius 3 is 2.38 bits per heavy atom. The number of benzene rings is 2. The van der Waals surface area contributed by atoms with Crippen LogP contribution in [0.4, 0.5) is 17.1 Å². The van der Waals surface area contributed by atoms with Gasteiger partial charge < -0.3 is 10.1 Å². The molecule has 9 nitrogen and oxygen atoms in total. The minimum atomic E-state index is -0.673. The quantitative estimate of drug-likeness (QED) is 0.601. The summed E-state index contributed by atoms with van der Waals surface area (Å²) in [6.45, 7) is 2.85. The fraction of sp³-hybridized carbons (Fsp3) is 0.188. The third kappa shape index (κ3) is 4.45. The number of rotatable bonds is 6. The number of carbonyl (C=O) groups excluding carboxylic acids is 1. The Hall–Kier alpha value is -3.20. The van der Waals surface area contributed by atoms with Crippen molar-refractivity contribution in [1.29, 1.82) is 0 Å². The van der Waals surface area contributed by atoms with Gasteiger partial charge in [0, 0.05) is 17.8 Å². The highest BCUT2D eigenvalue weighted by molar-refractivity contribution is 6.32. The molecule has 0 atom stereocenters. The number of anilines is 1. The second-order valence-corrected chi connectivity index (χ2v) is 5.85. The normalized spacial score (nSPS) is 10.3. The van der Waals surface area contributed by atoms with Crippen LogP contribution in [0.15, 0.2) is 30.3 Å². The molecule has 0 heterocycles. The van der Waals surface area contributed by atoms with Crippen LogP contribution >= 0.6 is 11.6 Å². The molecule has 1 amide bonds. The van der Waals surface area contributed by atoms with Crippen molar-refractivity contribution in [3.8, 4) is 5.75 Å². The van der Waals surface area contributed by atoms with Crippen molar-refractivity contribution < 1.29 is 19.4 Å². The van der Waals surface area contributed by atoms with Gasteiger partial charge in [-0.3, -0.25) is 25.0 Å². The molecule has 0 radical (unpaired) electrons. The smallest absolute Gasteiger partial charge is 0.311 e. The van der Waals surface area contributed by atoms with Crippen molar-refractivity contribution in [3.05, 3.63) is 66.7 Å². The van der Waals surface area contributed by atoms with Crippen LogP contribution in [0, 0.1) is 34.1 Å². The van der Waals surface area contributed by atoms with Crippen molar-refractivity contribution in [3.63, 3.8) is 0 Å². The lowest BCUT2D eigenvalue weighted by Gasteiger charge is -2.11. The van der Waals surface area contributed by atoms with Crippen molar-refractivity contribution in [2.75, 3.05) is 11.9 Å². The van der Waals surface area contributed by atoms with Crippen LogP contribution in [0.3, 0.4) is 0 Å². The molecule has 0 fully saturated rings. The maximum absolute atomic E-state index is 12.0. The van der Waals surface area contributed by atoms with E-state index >= 15 is 0 Å². The largest absolute Gasteiger partial charge is 0.477 e. The summed E-state index contributed by atoms with van der Waals surface area (Å²) in [5.41, 5.74) is 0.781. The molecule has 0 aliphatic rings. The summed E-state index contributed by atoms with van der Waals surface area (Å²) in [4.78, 5) is 32.7. The van der Waals surface area contributed by atoms with Gasteiger partial charge in [0.15, 0.2) is 6.61 Å². The summed E-state index contributed by atoms with van der Waals surface area (Å²) >= 11 is 5.70. The maximum Gasteiger partial charge on any atom is 0.311 e. The zero-order valence-corrected chi connectivity index (χ0v) is 14.6. The van der Waals surface area contributed by atoms with Crippen molar-refractivity contribution in [2.45, 2.75) is 13.8 Å². The molecule has 0 saturated carbocycles. The fourth-order valence-electron chi connectivity index (χ4n) is 2.32. The summed E-state index contributed by atoms with van der Waals surface area (Å²) in [6.07, 6.45) is 0. The first-order valence-electron chi connectivity index (χ1n) is 7.31. The number of ether oxygens (including phenoxy) is 1. The number of nitrogens with one attached hydrogen (secondary N) is 1. The zero-order chi connectivity index (χ0) is 19.4. The molecule has 26 heavy (non-hydrogen) atoms. The van der Waals surface area contributed by atoms with Gasteiger partial charge in [-0.2, -0.15) is 0 Å². The van der Waals surface area contributed by atoms with E-state index in [4.69, 9.17) is 16.3 Å². The first-order chi connectivity index (χ1) is 12.2. The van der Waals surface area contributed by atoms with Gasteiger partial charge in [0.05, 0.1) is 9.85 Å². The molecular weight excluding hydrogens is 366 g/mol. The molecule has 10 heteroatoms. The predicted octanol–water partition coefficient (Wildman–Crippen LogP) is 3.79. The molecular formula is C16H14ClN3O6. The summed E-state index contributed by atoms with van der Waals surface area (Å²) in [6, 6.07) is 6.84. The van der Waals surface area contributed by atoms with Gasteiger partial charge in [-0.05, 0) is 37.1 Å². The molecule has 0 unspecified atom stereocenters. The Bertz CT molecular complexity index is 900. The van der Waals surface area contributed by atoms with Crippen LogP contribution in [-0.4, -0.2) is 22.4 Å². The molecule has 0 aromatic heterocycles. The molecule has 0 aliphatic carbocycles. The Morgan fingerprint density at radius 1 is 1.12 bits per heavy atom. The highest BCUT2D eigenvalue weighted by Gasteiger charge is 2.20. The Morgan fingerprint density at radius 2 is 1.77 bits per heavy atom. The van der Waals surface area contributed by atoms with E-state index in [1.165, 1.54) is 18.2 Å². The predicted molar refractivity (Wildman–Crippen MR) is 94.8 cm³/mol. The second kappa shape index (κ2) is 7.79. The maximum atomic E-state index is 12.0. The second-order valence-electron chi connectivity index (χ2n) is 5.45. The summed E-state index contributed by atoms with van der Waals surface area (Å²) in [5, 5.41) is 24.4. The number of halogens is 1. The first-order valence-corrected chi connectivity index (χ1v) is 7.69. The minimum Gasteiger partial charge on any atom is -0.477 e. The van der Waals surface area contributed by atoms with Gasteiger partial charge in [-0.15, -0.1) is 0 Å². The van der Waals surface area contributed by atoms with Gasteiger partial charge in [-0.25, -0.2) is 0 Å². The fourth-order valence-corrected chi connectivity index (χ4v) is 2.51. The van der Waals surface area contributed by atoms with Gasteiger partial charge in [0.25, 0.3) is 11.6 Å². The van der Waals surface area contributed by atoms with E-state index in [1.807, 2.05) is 0 Å². The first kappa shape index (κ1) is 19.1. The van der Waals surface area contributed by atoms with Crippen LogP contribution in [0.25, 0.3) is 0 Å². The van der Waals surface area contributed by atoms with E-state index in [-0.39, 0.29) is 27.8 Å². The van der Waals surface area contributed by atoms with Crippen LogP contribution < -0.4 is 10.1 Å². The lowest BCUT2D eigenvalue weighted by molar-refractivity contribution is -0.385. The average Bonchev–Trinajstić information content (AvgIpc) is 2.54. The third-order valence-corrected chi connectivity index (χ3v) is 3.69. The van der Waals surface area contributed by atoms with Crippen molar-refractivity contribution in [2.24, 2.45) is 0 Å². The highest BCUT2D eigenvalue weighted by atomic mass is 35.5. The Kier molecular flexibility index (Phi) is 5.73. The summed E-state index contributed by atoms with van der Waals surface area (Å²) < 4.78 is 5.31. The van der Waals surface area contributed by atoms with E-state index in [0.29, 0.717) is 11.1 Å². The standard InChI is InChI=1S/C16H14ClN3O6/c1-9-5-10(2)16(14(6-9)20(24)25)26-8-15(21)18-11-3-4-12(17)13(7-11)19(22)23/h3-7H,8H2,1-2H3,(H,18,21). The summed E-state index contributed by atoms with van der Waals surface area (Å²) in [5.74, 6) is -0.631. The number of carbonyl (C=O) groups is 1. The van der Waals surface area contributed by atoms with Crippen LogP contribution in [0.1, 0.15) is 11.1 Å². The number of aryl methyl sites for hydroxylation is 2. The SMILES string of the molecule is Cc1cc(C)c(OCC(=O)Nc2ccc(Cl)c([N+](=O)[O-])c2)c([N+](=O)[O-])c1. The molecule has 0 saturated heterocycles. The van der Waals surface area contributed by atoms with E-state index < -0.39 is 22.4 Å². The molecule has 2 aromatic rings. The van der Waals surface area contributed by atoms with Gasteiger partial charge in [0.2, 0.25) is 5.75 Å². The number of nitrogens with zero attached hydrogens (tertiary/aromatic N) is 2. The highest BCUT2D eigenvalue weighted by Crippen LogP contribution is 2.32. The van der Waals surface area contributed by atoms with E-state index in [9.17, 15) is 25.0 Å². The Labute approximate surface area is 152 Å². The molecule has 2 rings (SSSR count). The monoisotopic (exact) mass is 379 g/mol. The number of amides is 1. The number of hydrogen-bond donors (Lipinski definition) is 1. The Balaban J connectivity index is 2.12. The molecule has 136 valence electrons. The molecule has 0 aliphatic heterocycles. The average molecular weight is 380 g/mol. The van der Waals surface area contributed by atoms with E-state index in [0.717, 1.165) is 6.07 Å². The molecule has 0 spiro atoms. The van der Waals surface area contributed by atoms with Gasteiger partial charge in [-0.1, -0.05) is 17.7 Å². The number of nitro benzene ring substituents is 2. The van der Waals surface area contributed by atoms with Crippen molar-refractivity contribution >= 4 is 34.6 Å². The van der Waals surface area contributed by atoms with Crippen molar-refractivity contribution in [1.82, 2.24) is 0 Å². The minimum absolute atomic E-state index is 0.00200.